The highest BCUT2D eigenvalue weighted by atomic mass is 16.3. The van der Waals surface area contributed by atoms with Crippen molar-refractivity contribution in [2.75, 3.05) is 20.6 Å². The number of phenols is 1. The fraction of sp³-hybridized carbons (Fsp3) is 0.647. The molecule has 0 saturated heterocycles. The minimum absolute atomic E-state index is 0.173. The Kier molecular flexibility index (Phi) is 4.71. The van der Waals surface area contributed by atoms with Gasteiger partial charge in [-0.05, 0) is 50.6 Å². The molecule has 112 valence electrons. The predicted molar refractivity (Wildman–Crippen MR) is 82.0 cm³/mol. The van der Waals surface area contributed by atoms with Gasteiger partial charge in [-0.3, -0.25) is 0 Å². The number of phenolic OH excluding ortho intramolecular Hbond substituents is 1. The van der Waals surface area contributed by atoms with Crippen LogP contribution in [0.15, 0.2) is 24.3 Å². The normalized spacial score (nSPS) is 28.6. The number of benzene rings is 1. The van der Waals surface area contributed by atoms with Crippen LogP contribution in [0.2, 0.25) is 0 Å². The average molecular weight is 277 g/mol. The van der Waals surface area contributed by atoms with Gasteiger partial charge in [-0.25, -0.2) is 0 Å². The van der Waals surface area contributed by atoms with E-state index in [0.29, 0.717) is 0 Å². The average Bonchev–Trinajstić information content (AvgIpc) is 2.40. The molecule has 2 N–H and O–H groups in total. The van der Waals surface area contributed by atoms with Gasteiger partial charge in [0.1, 0.15) is 5.75 Å². The van der Waals surface area contributed by atoms with Gasteiger partial charge in [0.05, 0.1) is 5.60 Å². The summed E-state index contributed by atoms with van der Waals surface area (Å²) in [5.41, 5.74) is 0.509. The summed E-state index contributed by atoms with van der Waals surface area (Å²) in [5.74, 6) is 0.692. The molecule has 1 aliphatic rings. The van der Waals surface area contributed by atoms with E-state index in [9.17, 15) is 10.2 Å². The molecule has 1 saturated carbocycles. The molecule has 1 aromatic rings. The Balaban J connectivity index is 2.25. The van der Waals surface area contributed by atoms with Crippen molar-refractivity contribution in [1.82, 2.24) is 4.90 Å². The van der Waals surface area contributed by atoms with Crippen molar-refractivity contribution >= 4 is 0 Å². The Morgan fingerprint density at radius 2 is 1.90 bits per heavy atom. The lowest BCUT2D eigenvalue weighted by Gasteiger charge is -2.45. The van der Waals surface area contributed by atoms with E-state index in [2.05, 4.69) is 25.9 Å². The van der Waals surface area contributed by atoms with E-state index in [4.69, 9.17) is 0 Å². The first-order chi connectivity index (χ1) is 9.43. The maximum atomic E-state index is 11.3. The third kappa shape index (κ3) is 3.15. The Morgan fingerprint density at radius 3 is 2.50 bits per heavy atom. The highest BCUT2D eigenvalue weighted by Crippen LogP contribution is 2.45. The summed E-state index contributed by atoms with van der Waals surface area (Å²) in [6.45, 7) is 3.05. The zero-order chi connectivity index (χ0) is 14.8. The first kappa shape index (κ1) is 15.3. The van der Waals surface area contributed by atoms with E-state index in [1.54, 1.807) is 12.1 Å². The van der Waals surface area contributed by atoms with Gasteiger partial charge in [-0.1, -0.05) is 31.9 Å². The summed E-state index contributed by atoms with van der Waals surface area (Å²) >= 11 is 0. The van der Waals surface area contributed by atoms with E-state index < -0.39 is 5.60 Å². The number of aromatic hydroxyl groups is 1. The second-order valence-electron chi connectivity index (χ2n) is 6.54. The molecule has 3 nitrogen and oxygen atoms in total. The number of hydrogen-bond acceptors (Lipinski definition) is 3. The number of hydrogen-bond donors (Lipinski definition) is 2. The van der Waals surface area contributed by atoms with Gasteiger partial charge in [-0.2, -0.15) is 0 Å². The molecule has 0 heterocycles. The fourth-order valence-electron chi connectivity index (χ4n) is 3.64. The van der Waals surface area contributed by atoms with Gasteiger partial charge >= 0.3 is 0 Å². The zero-order valence-electron chi connectivity index (χ0n) is 12.8. The second-order valence-corrected chi connectivity index (χ2v) is 6.54. The summed E-state index contributed by atoms with van der Waals surface area (Å²) in [7, 11) is 4.11. The van der Waals surface area contributed by atoms with E-state index in [0.717, 1.165) is 31.4 Å². The Morgan fingerprint density at radius 1 is 1.25 bits per heavy atom. The molecule has 3 unspecified atom stereocenters. The maximum absolute atomic E-state index is 11.3. The van der Waals surface area contributed by atoms with Crippen molar-refractivity contribution in [3.63, 3.8) is 0 Å². The first-order valence-electron chi connectivity index (χ1n) is 7.59. The highest BCUT2D eigenvalue weighted by Gasteiger charge is 2.43. The SMILES string of the molecule is CC(CN(C)C)C1(O)CCCCC1c1ccc(O)cc1. The van der Waals surface area contributed by atoms with Crippen molar-refractivity contribution in [3.05, 3.63) is 29.8 Å². The van der Waals surface area contributed by atoms with Crippen molar-refractivity contribution < 1.29 is 10.2 Å². The molecule has 20 heavy (non-hydrogen) atoms. The molecule has 0 radical (unpaired) electrons. The van der Waals surface area contributed by atoms with Crippen LogP contribution in [0.4, 0.5) is 0 Å². The molecule has 3 atom stereocenters. The molecule has 0 bridgehead atoms. The van der Waals surface area contributed by atoms with Gasteiger partial charge < -0.3 is 15.1 Å². The van der Waals surface area contributed by atoms with Crippen LogP contribution in [-0.2, 0) is 0 Å². The molecule has 3 heteroatoms. The summed E-state index contributed by atoms with van der Waals surface area (Å²) in [5, 5.41) is 20.7. The standard InChI is InChI=1S/C17H27NO2/c1-13(12-18(2)3)17(20)11-5-4-6-16(17)14-7-9-15(19)10-8-14/h7-10,13,16,19-20H,4-6,11-12H2,1-3H3. The lowest BCUT2D eigenvalue weighted by Crippen LogP contribution is -2.48. The van der Waals surface area contributed by atoms with Crippen molar-refractivity contribution in [1.29, 1.82) is 0 Å². The smallest absolute Gasteiger partial charge is 0.115 e. The molecule has 0 aliphatic heterocycles. The lowest BCUT2D eigenvalue weighted by atomic mass is 9.66. The minimum Gasteiger partial charge on any atom is -0.508 e. The van der Waals surface area contributed by atoms with Gasteiger partial charge in [0.2, 0.25) is 0 Å². The van der Waals surface area contributed by atoms with Crippen molar-refractivity contribution in [2.24, 2.45) is 5.92 Å². The first-order valence-corrected chi connectivity index (χ1v) is 7.59. The van der Waals surface area contributed by atoms with E-state index >= 15 is 0 Å². The Bertz CT molecular complexity index is 429. The minimum atomic E-state index is -0.639. The summed E-state index contributed by atoms with van der Waals surface area (Å²) in [6, 6.07) is 7.36. The van der Waals surface area contributed by atoms with Gasteiger partial charge in [0.15, 0.2) is 0 Å². The van der Waals surface area contributed by atoms with Crippen molar-refractivity contribution in [3.8, 4) is 5.75 Å². The Labute approximate surface area is 122 Å². The van der Waals surface area contributed by atoms with Crippen LogP contribution in [0, 0.1) is 5.92 Å². The molecule has 1 aromatic carbocycles. The van der Waals surface area contributed by atoms with Crippen LogP contribution >= 0.6 is 0 Å². The van der Waals surface area contributed by atoms with Crippen molar-refractivity contribution in [2.45, 2.75) is 44.1 Å². The number of nitrogens with zero attached hydrogens (tertiary/aromatic N) is 1. The number of aliphatic hydroxyl groups is 1. The molecule has 1 fully saturated rings. The Hall–Kier alpha value is -1.06. The summed E-state index contributed by atoms with van der Waals surface area (Å²) in [4.78, 5) is 2.14. The molecule has 0 spiro atoms. The van der Waals surface area contributed by atoms with Gasteiger partial charge in [0, 0.05) is 12.5 Å². The van der Waals surface area contributed by atoms with Gasteiger partial charge in [-0.15, -0.1) is 0 Å². The second kappa shape index (κ2) is 6.15. The topological polar surface area (TPSA) is 43.7 Å². The number of rotatable bonds is 4. The molecule has 2 rings (SSSR count). The van der Waals surface area contributed by atoms with E-state index in [-0.39, 0.29) is 17.6 Å². The third-order valence-corrected chi connectivity index (χ3v) is 4.71. The molecule has 0 aromatic heterocycles. The van der Waals surface area contributed by atoms with Crippen LogP contribution in [-0.4, -0.2) is 41.4 Å². The van der Waals surface area contributed by atoms with Gasteiger partial charge in [0.25, 0.3) is 0 Å². The molecular formula is C17H27NO2. The van der Waals surface area contributed by atoms with Crippen LogP contribution in [0.5, 0.6) is 5.75 Å². The maximum Gasteiger partial charge on any atom is 0.115 e. The highest BCUT2D eigenvalue weighted by molar-refractivity contribution is 5.30. The predicted octanol–water partition coefficient (Wildman–Crippen LogP) is 2.98. The van der Waals surface area contributed by atoms with E-state index in [1.807, 2.05) is 12.1 Å². The summed E-state index contributed by atoms with van der Waals surface area (Å²) in [6.07, 6.45) is 4.16. The van der Waals surface area contributed by atoms with Crippen LogP contribution < -0.4 is 0 Å². The van der Waals surface area contributed by atoms with Crippen LogP contribution in [0.3, 0.4) is 0 Å². The fourth-order valence-corrected chi connectivity index (χ4v) is 3.64. The van der Waals surface area contributed by atoms with E-state index in [1.165, 1.54) is 6.42 Å². The van der Waals surface area contributed by atoms with Crippen LogP contribution in [0.1, 0.15) is 44.1 Å². The summed E-state index contributed by atoms with van der Waals surface area (Å²) < 4.78 is 0. The molecule has 1 aliphatic carbocycles. The largest absolute Gasteiger partial charge is 0.508 e. The lowest BCUT2D eigenvalue weighted by molar-refractivity contribution is -0.0677. The third-order valence-electron chi connectivity index (χ3n) is 4.71. The zero-order valence-corrected chi connectivity index (χ0v) is 12.8. The quantitative estimate of drug-likeness (QED) is 0.889. The molecule has 0 amide bonds. The monoisotopic (exact) mass is 277 g/mol. The van der Waals surface area contributed by atoms with Crippen LogP contribution in [0.25, 0.3) is 0 Å². The molecular weight excluding hydrogens is 250 g/mol.